The molecule has 4 amide bonds. The Balaban J connectivity index is 1.72. The molecule has 0 bridgehead atoms. The maximum absolute atomic E-state index is 12.3. The SMILES string of the molecule is Cn1ncc(Br)c1-c1cc(NC(=O)ON2C(=O)CCC2=O)ccc1OCCNC(=O)OC(C)(C)C. The summed E-state index contributed by atoms with van der Waals surface area (Å²) in [6.07, 6.45) is 0.0732. The van der Waals surface area contributed by atoms with Gasteiger partial charge in [0, 0.05) is 31.1 Å². The van der Waals surface area contributed by atoms with Gasteiger partial charge in [-0.15, -0.1) is 5.06 Å². The second kappa shape index (κ2) is 10.8. The molecule has 188 valence electrons. The third kappa shape index (κ3) is 6.94. The summed E-state index contributed by atoms with van der Waals surface area (Å²) < 4.78 is 13.4. The van der Waals surface area contributed by atoms with E-state index in [9.17, 15) is 19.2 Å². The maximum atomic E-state index is 12.3. The first-order chi connectivity index (χ1) is 16.4. The van der Waals surface area contributed by atoms with Crippen molar-refractivity contribution < 1.29 is 33.5 Å². The van der Waals surface area contributed by atoms with Crippen LogP contribution in [0.4, 0.5) is 15.3 Å². The molecule has 1 aliphatic rings. The van der Waals surface area contributed by atoms with E-state index in [-0.39, 0.29) is 26.0 Å². The zero-order valence-electron chi connectivity index (χ0n) is 19.7. The summed E-state index contributed by atoms with van der Waals surface area (Å²) in [6, 6.07) is 4.83. The van der Waals surface area contributed by atoms with Crippen LogP contribution in [0.2, 0.25) is 0 Å². The van der Waals surface area contributed by atoms with Gasteiger partial charge in [0.05, 0.1) is 22.9 Å². The highest BCUT2D eigenvalue weighted by Gasteiger charge is 2.33. The van der Waals surface area contributed by atoms with Gasteiger partial charge in [0.2, 0.25) is 0 Å². The van der Waals surface area contributed by atoms with Crippen molar-refractivity contribution in [3.05, 3.63) is 28.9 Å². The van der Waals surface area contributed by atoms with E-state index >= 15 is 0 Å². The third-order valence-corrected chi connectivity index (χ3v) is 5.16. The molecule has 1 aromatic heterocycles. The Bertz CT molecular complexity index is 1110. The Morgan fingerprint density at radius 2 is 1.83 bits per heavy atom. The molecule has 0 atom stereocenters. The number of carbonyl (C=O) groups excluding carboxylic acids is 4. The molecule has 2 N–H and O–H groups in total. The van der Waals surface area contributed by atoms with Gasteiger partial charge in [0.15, 0.2) is 0 Å². The first-order valence-electron chi connectivity index (χ1n) is 10.7. The number of nitrogens with zero attached hydrogens (tertiary/aromatic N) is 3. The lowest BCUT2D eigenvalue weighted by Crippen LogP contribution is -2.34. The van der Waals surface area contributed by atoms with E-state index in [4.69, 9.17) is 14.3 Å². The van der Waals surface area contributed by atoms with Crippen LogP contribution in [0.5, 0.6) is 5.75 Å². The average molecular weight is 552 g/mol. The molecule has 13 heteroatoms. The van der Waals surface area contributed by atoms with Crippen LogP contribution in [0.15, 0.2) is 28.9 Å². The van der Waals surface area contributed by atoms with Crippen LogP contribution < -0.4 is 15.4 Å². The number of imide groups is 1. The molecule has 12 nitrogen and oxygen atoms in total. The number of hydrogen-bond donors (Lipinski definition) is 2. The van der Waals surface area contributed by atoms with Gasteiger partial charge < -0.3 is 19.6 Å². The minimum absolute atomic E-state index is 0.000399. The Morgan fingerprint density at radius 1 is 1.14 bits per heavy atom. The normalized spacial score (nSPS) is 13.6. The number of nitrogens with one attached hydrogen (secondary N) is 2. The standard InChI is InChI=1S/C22H26BrN5O7/c1-22(2,3)34-20(31)24-9-10-33-16-6-5-13(11-14(16)19-15(23)12-25-27(19)4)26-21(32)35-28-17(29)7-8-18(28)30/h5-6,11-12H,7-10H2,1-4H3,(H,24,31)(H,26,32). The minimum atomic E-state index is -0.987. The van der Waals surface area contributed by atoms with Crippen LogP contribution in [0.3, 0.4) is 0 Å². The van der Waals surface area contributed by atoms with E-state index in [1.807, 2.05) is 0 Å². The van der Waals surface area contributed by atoms with Gasteiger partial charge in [0.25, 0.3) is 11.8 Å². The summed E-state index contributed by atoms with van der Waals surface area (Å²) >= 11 is 3.46. The highest BCUT2D eigenvalue weighted by atomic mass is 79.9. The molecule has 35 heavy (non-hydrogen) atoms. The molecule has 2 heterocycles. The van der Waals surface area contributed by atoms with E-state index in [1.54, 1.807) is 56.9 Å². The molecule has 0 radical (unpaired) electrons. The predicted molar refractivity (Wildman–Crippen MR) is 127 cm³/mol. The van der Waals surface area contributed by atoms with E-state index in [0.717, 1.165) is 0 Å². The van der Waals surface area contributed by atoms with Crippen LogP contribution in [-0.4, -0.2) is 57.6 Å². The molecule has 1 aliphatic heterocycles. The van der Waals surface area contributed by atoms with Gasteiger partial charge in [-0.3, -0.25) is 19.6 Å². The summed E-state index contributed by atoms with van der Waals surface area (Å²) in [6.45, 7) is 5.66. The van der Waals surface area contributed by atoms with Gasteiger partial charge in [-0.05, 0) is 54.9 Å². The van der Waals surface area contributed by atoms with Crippen molar-refractivity contribution in [2.24, 2.45) is 7.05 Å². The van der Waals surface area contributed by atoms with Crippen LogP contribution in [0.1, 0.15) is 33.6 Å². The number of alkyl carbamates (subject to hydrolysis) is 1. The lowest BCUT2D eigenvalue weighted by molar-refractivity contribution is -0.170. The largest absolute Gasteiger partial charge is 0.491 e. The summed E-state index contributed by atoms with van der Waals surface area (Å²) in [7, 11) is 1.74. The highest BCUT2D eigenvalue weighted by molar-refractivity contribution is 9.10. The number of benzene rings is 1. The number of aromatic nitrogens is 2. The van der Waals surface area contributed by atoms with Crippen molar-refractivity contribution in [1.82, 2.24) is 20.2 Å². The maximum Gasteiger partial charge on any atom is 0.436 e. The van der Waals surface area contributed by atoms with E-state index in [1.165, 1.54) is 0 Å². The smallest absolute Gasteiger partial charge is 0.436 e. The topological polar surface area (TPSA) is 141 Å². The summed E-state index contributed by atoms with van der Waals surface area (Å²) in [5, 5.41) is 9.79. The number of amides is 4. The first kappa shape index (κ1) is 26.0. The fourth-order valence-electron chi connectivity index (χ4n) is 3.14. The lowest BCUT2D eigenvalue weighted by atomic mass is 10.1. The molecule has 1 aromatic carbocycles. The number of aryl methyl sites for hydroxylation is 1. The molecule has 0 aliphatic carbocycles. The Labute approximate surface area is 210 Å². The molecule has 0 spiro atoms. The van der Waals surface area contributed by atoms with Gasteiger partial charge in [0.1, 0.15) is 18.0 Å². The summed E-state index contributed by atoms with van der Waals surface area (Å²) in [4.78, 5) is 52.3. The quantitative estimate of drug-likeness (QED) is 0.394. The number of carbonyl (C=O) groups is 4. The molecular formula is C22H26BrN5O7. The van der Waals surface area contributed by atoms with Gasteiger partial charge in [-0.1, -0.05) is 0 Å². The number of hydrogen-bond acceptors (Lipinski definition) is 8. The second-order valence-corrected chi connectivity index (χ2v) is 9.39. The zero-order chi connectivity index (χ0) is 25.8. The lowest BCUT2D eigenvalue weighted by Gasteiger charge is -2.20. The van der Waals surface area contributed by atoms with Crippen molar-refractivity contribution in [1.29, 1.82) is 0 Å². The molecule has 3 rings (SSSR count). The van der Waals surface area contributed by atoms with Gasteiger partial charge >= 0.3 is 12.2 Å². The van der Waals surface area contributed by atoms with E-state index < -0.39 is 29.6 Å². The number of rotatable bonds is 7. The average Bonchev–Trinajstić information content (AvgIpc) is 3.26. The highest BCUT2D eigenvalue weighted by Crippen LogP contribution is 2.36. The number of hydroxylamine groups is 2. The number of ether oxygens (including phenoxy) is 2. The summed E-state index contributed by atoms with van der Waals surface area (Å²) in [5.41, 5.74) is 0.974. The Kier molecular flexibility index (Phi) is 7.99. The first-order valence-corrected chi connectivity index (χ1v) is 11.5. The van der Waals surface area contributed by atoms with Crippen LogP contribution >= 0.6 is 15.9 Å². The fraction of sp³-hybridized carbons (Fsp3) is 0.409. The molecule has 0 unspecified atom stereocenters. The zero-order valence-corrected chi connectivity index (χ0v) is 21.3. The predicted octanol–water partition coefficient (Wildman–Crippen LogP) is 3.37. The van der Waals surface area contributed by atoms with Gasteiger partial charge in [-0.2, -0.15) is 5.10 Å². The number of anilines is 1. The number of halogens is 1. The molecule has 1 fully saturated rings. The van der Waals surface area contributed by atoms with E-state index in [0.29, 0.717) is 32.2 Å². The third-order valence-electron chi connectivity index (χ3n) is 4.58. The molecular weight excluding hydrogens is 526 g/mol. The minimum Gasteiger partial charge on any atom is -0.491 e. The van der Waals surface area contributed by atoms with Crippen molar-refractivity contribution in [3.63, 3.8) is 0 Å². The van der Waals surface area contributed by atoms with Crippen molar-refractivity contribution >= 4 is 45.6 Å². The van der Waals surface area contributed by atoms with Gasteiger partial charge in [-0.25, -0.2) is 9.59 Å². The van der Waals surface area contributed by atoms with Crippen molar-refractivity contribution in [2.45, 2.75) is 39.2 Å². The van der Waals surface area contributed by atoms with Crippen LogP contribution in [-0.2, 0) is 26.2 Å². The van der Waals surface area contributed by atoms with Crippen LogP contribution in [0, 0.1) is 0 Å². The van der Waals surface area contributed by atoms with Crippen molar-refractivity contribution in [3.8, 4) is 17.0 Å². The van der Waals surface area contributed by atoms with E-state index in [2.05, 4.69) is 31.7 Å². The Morgan fingerprint density at radius 3 is 2.43 bits per heavy atom. The second-order valence-electron chi connectivity index (χ2n) is 8.54. The molecule has 1 saturated heterocycles. The molecule has 2 aromatic rings. The van der Waals surface area contributed by atoms with Crippen molar-refractivity contribution in [2.75, 3.05) is 18.5 Å². The monoisotopic (exact) mass is 551 g/mol. The van der Waals surface area contributed by atoms with Crippen LogP contribution in [0.25, 0.3) is 11.3 Å². The summed E-state index contributed by atoms with van der Waals surface area (Å²) in [5.74, 6) is -0.689. The molecule has 0 saturated carbocycles. The Hall–Kier alpha value is -3.61. The fourth-order valence-corrected chi connectivity index (χ4v) is 3.70.